The van der Waals surface area contributed by atoms with Gasteiger partial charge < -0.3 is 0 Å². The van der Waals surface area contributed by atoms with Crippen LogP contribution in [0.5, 0.6) is 0 Å². The third kappa shape index (κ3) is 5.32. The molecule has 3 heteroatoms. The summed E-state index contributed by atoms with van der Waals surface area (Å²) >= 11 is 0. The number of carbonyl (C=O) groups excluding carboxylic acids is 1. The third-order valence-electron chi connectivity index (χ3n) is 3.14. The molecule has 0 saturated heterocycles. The van der Waals surface area contributed by atoms with Crippen LogP contribution in [0.25, 0.3) is 0 Å². The van der Waals surface area contributed by atoms with Crippen molar-refractivity contribution in [3.8, 4) is 0 Å². The molecule has 1 aromatic carbocycles. The Balaban J connectivity index is 2.25. The zero-order chi connectivity index (χ0) is 13.2. The minimum Gasteiger partial charge on any atom is -0.288 e. The van der Waals surface area contributed by atoms with Crippen LogP contribution in [0.3, 0.4) is 0 Å². The van der Waals surface area contributed by atoms with E-state index >= 15 is 0 Å². The molecular formula is C15H23NO2. The lowest BCUT2D eigenvalue weighted by atomic mass is 10.0. The molecule has 3 nitrogen and oxygen atoms in total. The summed E-state index contributed by atoms with van der Waals surface area (Å²) in [6.07, 6.45) is 8.82. The molecule has 2 N–H and O–H groups in total. The van der Waals surface area contributed by atoms with Gasteiger partial charge in [-0.3, -0.25) is 10.0 Å². The third-order valence-corrected chi connectivity index (χ3v) is 3.14. The maximum absolute atomic E-state index is 11.1. The van der Waals surface area contributed by atoms with E-state index in [9.17, 15) is 4.79 Å². The lowest BCUT2D eigenvalue weighted by Gasteiger charge is -2.03. The van der Waals surface area contributed by atoms with Gasteiger partial charge >= 0.3 is 0 Å². The van der Waals surface area contributed by atoms with Crippen molar-refractivity contribution in [2.24, 2.45) is 0 Å². The van der Waals surface area contributed by atoms with Crippen LogP contribution in [0.1, 0.15) is 61.4 Å². The molecule has 1 aromatic rings. The van der Waals surface area contributed by atoms with Gasteiger partial charge in [-0.25, -0.2) is 5.48 Å². The van der Waals surface area contributed by atoms with Gasteiger partial charge in [-0.2, -0.15) is 0 Å². The first-order valence-electron chi connectivity index (χ1n) is 6.81. The van der Waals surface area contributed by atoms with Crippen LogP contribution < -0.4 is 5.48 Å². The van der Waals surface area contributed by atoms with Crippen molar-refractivity contribution in [2.75, 3.05) is 0 Å². The van der Waals surface area contributed by atoms with E-state index in [2.05, 4.69) is 6.92 Å². The maximum atomic E-state index is 11.1. The van der Waals surface area contributed by atoms with Gasteiger partial charge in [-0.1, -0.05) is 51.2 Å². The fourth-order valence-electron chi connectivity index (χ4n) is 2.00. The number of aryl methyl sites for hydroxylation is 1. The van der Waals surface area contributed by atoms with Crippen molar-refractivity contribution in [1.29, 1.82) is 0 Å². The zero-order valence-corrected chi connectivity index (χ0v) is 11.1. The van der Waals surface area contributed by atoms with Crippen LogP contribution in [-0.2, 0) is 6.42 Å². The summed E-state index contributed by atoms with van der Waals surface area (Å²) in [5.41, 5.74) is 3.37. The minimum atomic E-state index is -0.457. The maximum Gasteiger partial charge on any atom is 0.274 e. The Hall–Kier alpha value is -1.35. The van der Waals surface area contributed by atoms with E-state index in [1.807, 2.05) is 12.1 Å². The Kier molecular flexibility index (Phi) is 7.11. The largest absolute Gasteiger partial charge is 0.288 e. The van der Waals surface area contributed by atoms with E-state index in [1.54, 1.807) is 17.6 Å². The van der Waals surface area contributed by atoms with Gasteiger partial charge in [0.2, 0.25) is 0 Å². The summed E-state index contributed by atoms with van der Waals surface area (Å²) in [5, 5.41) is 8.50. The fourth-order valence-corrected chi connectivity index (χ4v) is 2.00. The topological polar surface area (TPSA) is 49.3 Å². The normalized spacial score (nSPS) is 10.3. The number of carbonyl (C=O) groups is 1. The van der Waals surface area contributed by atoms with E-state index in [1.165, 1.54) is 44.1 Å². The highest BCUT2D eigenvalue weighted by Gasteiger charge is 2.02. The Labute approximate surface area is 109 Å². The number of amides is 1. The molecule has 0 unspecified atom stereocenters. The number of nitrogens with one attached hydrogen (secondary N) is 1. The van der Waals surface area contributed by atoms with Gasteiger partial charge in [-0.15, -0.1) is 0 Å². The van der Waals surface area contributed by atoms with Crippen LogP contribution >= 0.6 is 0 Å². The Morgan fingerprint density at radius 1 is 1.06 bits per heavy atom. The van der Waals surface area contributed by atoms with Crippen LogP contribution in [-0.4, -0.2) is 11.1 Å². The molecule has 0 aromatic heterocycles. The number of benzene rings is 1. The monoisotopic (exact) mass is 249 g/mol. The lowest BCUT2D eigenvalue weighted by Crippen LogP contribution is -2.18. The standard InChI is InChI=1S/C15H23NO2/c1-2-3-4-5-6-7-8-13-9-11-14(12-10-13)15(17)16-18/h9-12,18H,2-8H2,1H3,(H,16,17). The summed E-state index contributed by atoms with van der Waals surface area (Å²) in [6, 6.07) is 7.41. The zero-order valence-electron chi connectivity index (χ0n) is 11.1. The molecule has 1 amide bonds. The Morgan fingerprint density at radius 2 is 1.67 bits per heavy atom. The summed E-state index contributed by atoms with van der Waals surface area (Å²) in [4.78, 5) is 11.1. The van der Waals surface area contributed by atoms with E-state index in [0.29, 0.717) is 5.56 Å². The molecule has 100 valence electrons. The van der Waals surface area contributed by atoms with Gasteiger partial charge in [-0.05, 0) is 30.5 Å². The van der Waals surface area contributed by atoms with Crippen molar-refractivity contribution in [1.82, 2.24) is 5.48 Å². The van der Waals surface area contributed by atoms with E-state index in [4.69, 9.17) is 5.21 Å². The fraction of sp³-hybridized carbons (Fsp3) is 0.533. The van der Waals surface area contributed by atoms with Gasteiger partial charge in [0.25, 0.3) is 5.91 Å². The van der Waals surface area contributed by atoms with Gasteiger partial charge in [0, 0.05) is 5.56 Å². The highest BCUT2D eigenvalue weighted by Crippen LogP contribution is 2.11. The minimum absolute atomic E-state index is 0.457. The van der Waals surface area contributed by atoms with Crippen molar-refractivity contribution < 1.29 is 10.0 Å². The first-order chi connectivity index (χ1) is 8.77. The molecule has 0 fully saturated rings. The van der Waals surface area contributed by atoms with Crippen molar-refractivity contribution in [3.63, 3.8) is 0 Å². The van der Waals surface area contributed by atoms with E-state index in [-0.39, 0.29) is 0 Å². The summed E-state index contributed by atoms with van der Waals surface area (Å²) in [5.74, 6) is -0.457. The van der Waals surface area contributed by atoms with E-state index < -0.39 is 5.91 Å². The molecule has 0 aliphatic carbocycles. The van der Waals surface area contributed by atoms with Crippen LogP contribution in [0.4, 0.5) is 0 Å². The number of hydroxylamine groups is 1. The van der Waals surface area contributed by atoms with E-state index in [0.717, 1.165) is 6.42 Å². The van der Waals surface area contributed by atoms with Gasteiger partial charge in [0.05, 0.1) is 0 Å². The molecule has 0 spiro atoms. The summed E-state index contributed by atoms with van der Waals surface area (Å²) < 4.78 is 0. The molecule has 0 bridgehead atoms. The van der Waals surface area contributed by atoms with Gasteiger partial charge in [0.15, 0.2) is 0 Å². The second-order valence-electron chi connectivity index (χ2n) is 4.66. The molecular weight excluding hydrogens is 226 g/mol. The molecule has 18 heavy (non-hydrogen) atoms. The highest BCUT2D eigenvalue weighted by molar-refractivity contribution is 5.93. The molecule has 0 atom stereocenters. The molecule has 0 heterocycles. The molecule has 1 rings (SSSR count). The first-order valence-corrected chi connectivity index (χ1v) is 6.81. The number of rotatable bonds is 8. The quantitative estimate of drug-likeness (QED) is 0.419. The summed E-state index contributed by atoms with van der Waals surface area (Å²) in [7, 11) is 0. The van der Waals surface area contributed by atoms with Crippen molar-refractivity contribution in [2.45, 2.75) is 51.9 Å². The molecule has 0 aliphatic rings. The second kappa shape index (κ2) is 8.70. The van der Waals surface area contributed by atoms with Crippen LogP contribution in [0, 0.1) is 0 Å². The second-order valence-corrected chi connectivity index (χ2v) is 4.66. The highest BCUT2D eigenvalue weighted by atomic mass is 16.5. The number of hydrogen-bond donors (Lipinski definition) is 2. The van der Waals surface area contributed by atoms with Crippen LogP contribution in [0.2, 0.25) is 0 Å². The molecule has 0 aliphatic heterocycles. The lowest BCUT2D eigenvalue weighted by molar-refractivity contribution is 0.0706. The SMILES string of the molecule is CCCCCCCCc1ccc(C(=O)NO)cc1. The average molecular weight is 249 g/mol. The summed E-state index contributed by atoms with van der Waals surface area (Å²) in [6.45, 7) is 2.23. The average Bonchev–Trinajstić information content (AvgIpc) is 2.42. The molecule has 0 radical (unpaired) electrons. The van der Waals surface area contributed by atoms with Crippen LogP contribution in [0.15, 0.2) is 24.3 Å². The predicted molar refractivity (Wildman–Crippen MR) is 72.8 cm³/mol. The predicted octanol–water partition coefficient (Wildman–Crippen LogP) is 3.71. The Morgan fingerprint density at radius 3 is 2.28 bits per heavy atom. The van der Waals surface area contributed by atoms with Crippen molar-refractivity contribution in [3.05, 3.63) is 35.4 Å². The smallest absolute Gasteiger partial charge is 0.274 e. The van der Waals surface area contributed by atoms with Crippen molar-refractivity contribution >= 4 is 5.91 Å². The first kappa shape index (κ1) is 14.7. The number of hydrogen-bond acceptors (Lipinski definition) is 2. The molecule has 0 saturated carbocycles. The Bertz CT molecular complexity index is 346. The van der Waals surface area contributed by atoms with Gasteiger partial charge in [0.1, 0.15) is 0 Å². The number of unbranched alkanes of at least 4 members (excludes halogenated alkanes) is 5.